The van der Waals surface area contributed by atoms with E-state index in [1.807, 2.05) is 24.3 Å². The average Bonchev–Trinajstić information content (AvgIpc) is 2.63. The fraction of sp³-hybridized carbons (Fsp3) is 0.300. The van der Waals surface area contributed by atoms with Gasteiger partial charge in [0.1, 0.15) is 11.6 Å². The summed E-state index contributed by atoms with van der Waals surface area (Å²) in [5.74, 6) is -1.48. The number of rotatable bonds is 9. The number of hydrogen-bond donors (Lipinski definition) is 4. The fourth-order valence-corrected chi connectivity index (χ4v) is 3.31. The molecule has 154 valence electrons. The lowest BCUT2D eigenvalue weighted by molar-refractivity contribution is -0.139. The number of amides is 1. The van der Waals surface area contributed by atoms with E-state index < -0.39 is 23.5 Å². The number of carbonyl (C=O) groups is 2. The van der Waals surface area contributed by atoms with Crippen LogP contribution in [0.3, 0.4) is 0 Å². The van der Waals surface area contributed by atoms with Crippen molar-refractivity contribution in [1.29, 1.82) is 0 Å². The van der Waals surface area contributed by atoms with Crippen molar-refractivity contribution in [1.82, 2.24) is 10.3 Å². The van der Waals surface area contributed by atoms with Crippen molar-refractivity contribution >= 4 is 40.3 Å². The molecule has 1 aromatic heterocycles. The number of halogens is 1. The molecule has 1 amide bonds. The number of hydrogen-bond acceptors (Lipinski definition) is 4. The number of nitrogens with zero attached hydrogens (tertiary/aromatic N) is 1. The van der Waals surface area contributed by atoms with Crippen molar-refractivity contribution < 1.29 is 14.7 Å². The molecule has 0 saturated carbocycles. The summed E-state index contributed by atoms with van der Waals surface area (Å²) >= 11 is 2.21. The zero-order valence-electron chi connectivity index (χ0n) is 15.9. The van der Waals surface area contributed by atoms with E-state index in [1.165, 1.54) is 6.07 Å². The number of pyridine rings is 1. The Balaban J connectivity index is 2.04. The van der Waals surface area contributed by atoms with Crippen molar-refractivity contribution in [2.45, 2.75) is 32.2 Å². The number of H-pyrrole nitrogens is 1. The van der Waals surface area contributed by atoms with E-state index in [1.54, 1.807) is 13.0 Å². The van der Waals surface area contributed by atoms with Crippen LogP contribution in [0, 0.1) is 3.57 Å². The van der Waals surface area contributed by atoms with Gasteiger partial charge in [-0.05, 0) is 72.2 Å². The number of aromatic nitrogens is 1. The molecule has 1 heterocycles. The Morgan fingerprint density at radius 2 is 2.07 bits per heavy atom. The predicted molar refractivity (Wildman–Crippen MR) is 119 cm³/mol. The number of aliphatic carboxylic acids is 1. The van der Waals surface area contributed by atoms with E-state index in [4.69, 9.17) is 5.73 Å². The van der Waals surface area contributed by atoms with Gasteiger partial charge in [0.25, 0.3) is 11.5 Å². The Kier molecular flexibility index (Phi) is 8.37. The monoisotopic (exact) mass is 510 g/mol. The maximum atomic E-state index is 12.4. The molecule has 8 nitrogen and oxygen atoms in total. The second-order valence-corrected chi connectivity index (χ2v) is 7.81. The maximum absolute atomic E-state index is 12.4. The highest BCUT2D eigenvalue weighted by Gasteiger charge is 2.21. The Morgan fingerprint density at radius 1 is 1.31 bits per heavy atom. The summed E-state index contributed by atoms with van der Waals surface area (Å²) in [5.41, 5.74) is 6.45. The largest absolute Gasteiger partial charge is 0.480 e. The number of amidine groups is 1. The first kappa shape index (κ1) is 22.6. The van der Waals surface area contributed by atoms with Crippen LogP contribution in [-0.2, 0) is 11.2 Å². The van der Waals surface area contributed by atoms with Crippen LogP contribution in [0.4, 0.5) is 0 Å². The Bertz CT molecular complexity index is 967. The molecule has 0 spiro atoms. The molecule has 0 aliphatic rings. The summed E-state index contributed by atoms with van der Waals surface area (Å²) in [4.78, 5) is 42.8. The molecule has 0 aliphatic carbocycles. The molecule has 2 aromatic rings. The van der Waals surface area contributed by atoms with Crippen molar-refractivity contribution in [2.24, 2.45) is 10.7 Å². The molecule has 0 aliphatic heterocycles. The van der Waals surface area contributed by atoms with E-state index in [0.717, 1.165) is 9.13 Å². The third kappa shape index (κ3) is 7.33. The quantitative estimate of drug-likeness (QED) is 0.177. The van der Waals surface area contributed by atoms with Gasteiger partial charge in [-0.1, -0.05) is 12.1 Å². The summed E-state index contributed by atoms with van der Waals surface area (Å²) in [7, 11) is 0. The van der Waals surface area contributed by atoms with Crippen molar-refractivity contribution in [3.05, 3.63) is 67.1 Å². The molecule has 0 fully saturated rings. The van der Waals surface area contributed by atoms with E-state index in [2.05, 4.69) is 37.9 Å². The van der Waals surface area contributed by atoms with Crippen molar-refractivity contribution in [2.75, 3.05) is 6.54 Å². The van der Waals surface area contributed by atoms with Crippen LogP contribution in [0.2, 0.25) is 0 Å². The minimum absolute atomic E-state index is 0.126. The Morgan fingerprint density at radius 3 is 2.69 bits per heavy atom. The van der Waals surface area contributed by atoms with Crippen LogP contribution in [0.1, 0.15) is 41.4 Å². The van der Waals surface area contributed by atoms with Gasteiger partial charge in [-0.2, -0.15) is 0 Å². The van der Waals surface area contributed by atoms with Gasteiger partial charge in [-0.3, -0.25) is 14.6 Å². The molecular weight excluding hydrogens is 487 g/mol. The molecule has 29 heavy (non-hydrogen) atoms. The molecule has 0 unspecified atom stereocenters. The lowest BCUT2D eigenvalue weighted by atomic mass is 10.1. The number of nitrogens with two attached hydrogens (primary N) is 1. The first-order valence-electron chi connectivity index (χ1n) is 9.03. The molecule has 0 bridgehead atoms. The van der Waals surface area contributed by atoms with Crippen LogP contribution >= 0.6 is 22.6 Å². The minimum Gasteiger partial charge on any atom is -0.480 e. The van der Waals surface area contributed by atoms with Crippen molar-refractivity contribution in [3.63, 3.8) is 0 Å². The Hall–Kier alpha value is -2.69. The summed E-state index contributed by atoms with van der Waals surface area (Å²) in [6, 6.07) is 9.83. The number of carbonyl (C=O) groups excluding carboxylic acids is 1. The average molecular weight is 510 g/mol. The lowest BCUT2D eigenvalue weighted by Crippen LogP contribution is -2.42. The van der Waals surface area contributed by atoms with Gasteiger partial charge in [0, 0.05) is 22.2 Å². The normalized spacial score (nSPS) is 12.4. The number of aromatic amines is 1. The van der Waals surface area contributed by atoms with Gasteiger partial charge in [0.2, 0.25) is 0 Å². The zero-order chi connectivity index (χ0) is 21.4. The van der Waals surface area contributed by atoms with Gasteiger partial charge in [0.05, 0.1) is 5.84 Å². The summed E-state index contributed by atoms with van der Waals surface area (Å²) in [5, 5.41) is 11.7. The maximum Gasteiger partial charge on any atom is 0.326 e. The molecule has 9 heteroatoms. The minimum atomic E-state index is -1.17. The Labute approximate surface area is 181 Å². The van der Waals surface area contributed by atoms with Gasteiger partial charge < -0.3 is 21.1 Å². The van der Waals surface area contributed by atoms with Gasteiger partial charge >= 0.3 is 5.97 Å². The SMILES string of the molecule is CC(N)=NCCC[C@H](NC(=O)c1ccc(Cc2cccc(I)c2)[nH]c1=O)C(=O)O. The second kappa shape index (κ2) is 10.7. The standard InChI is InChI=1S/C20H23IN4O4/c1-12(22)23-9-3-6-17(20(28)29)25-19(27)16-8-7-15(24-18(16)26)11-13-4-2-5-14(21)10-13/h2,4-5,7-8,10,17H,3,6,9,11H2,1H3,(H2,22,23)(H,24,26)(H,25,27)(H,28,29)/t17-/m0/s1. The summed E-state index contributed by atoms with van der Waals surface area (Å²) in [6.45, 7) is 2.01. The first-order chi connectivity index (χ1) is 13.8. The molecule has 0 radical (unpaired) electrons. The number of benzene rings is 1. The van der Waals surface area contributed by atoms with E-state index in [9.17, 15) is 19.5 Å². The van der Waals surface area contributed by atoms with Crippen molar-refractivity contribution in [3.8, 4) is 0 Å². The summed E-state index contributed by atoms with van der Waals surface area (Å²) < 4.78 is 1.09. The predicted octanol–water partition coefficient (Wildman–Crippen LogP) is 1.91. The van der Waals surface area contributed by atoms with Crippen LogP contribution in [-0.4, -0.2) is 40.4 Å². The number of carboxylic acids is 1. The zero-order valence-corrected chi connectivity index (χ0v) is 18.1. The van der Waals surface area contributed by atoms with E-state index in [-0.39, 0.29) is 12.0 Å². The third-order valence-electron chi connectivity index (χ3n) is 4.11. The highest BCUT2D eigenvalue weighted by atomic mass is 127. The van der Waals surface area contributed by atoms with E-state index >= 15 is 0 Å². The molecule has 1 aromatic carbocycles. The second-order valence-electron chi connectivity index (χ2n) is 6.56. The van der Waals surface area contributed by atoms with E-state index in [0.29, 0.717) is 30.9 Å². The fourth-order valence-electron chi connectivity index (χ4n) is 2.71. The number of carboxylic acid groups (broad SMARTS) is 1. The van der Waals surface area contributed by atoms with Crippen LogP contribution in [0.5, 0.6) is 0 Å². The highest BCUT2D eigenvalue weighted by molar-refractivity contribution is 14.1. The molecule has 5 N–H and O–H groups in total. The first-order valence-corrected chi connectivity index (χ1v) is 10.1. The van der Waals surface area contributed by atoms with Crippen LogP contribution < -0.4 is 16.6 Å². The van der Waals surface area contributed by atoms with Crippen LogP contribution in [0.15, 0.2) is 46.2 Å². The lowest BCUT2D eigenvalue weighted by Gasteiger charge is -2.14. The molecule has 2 rings (SSSR count). The van der Waals surface area contributed by atoms with Gasteiger partial charge in [-0.25, -0.2) is 4.79 Å². The summed E-state index contributed by atoms with van der Waals surface area (Å²) in [6.07, 6.45) is 1.14. The third-order valence-corrected chi connectivity index (χ3v) is 4.78. The van der Waals surface area contributed by atoms with Gasteiger partial charge in [-0.15, -0.1) is 0 Å². The number of nitrogens with one attached hydrogen (secondary N) is 2. The highest BCUT2D eigenvalue weighted by Crippen LogP contribution is 2.11. The smallest absolute Gasteiger partial charge is 0.326 e. The van der Waals surface area contributed by atoms with Gasteiger partial charge in [0.15, 0.2) is 0 Å². The molecule has 0 saturated heterocycles. The van der Waals surface area contributed by atoms with Crippen LogP contribution in [0.25, 0.3) is 0 Å². The number of aliphatic imine (C=N–C) groups is 1. The molecular formula is C20H23IN4O4. The topological polar surface area (TPSA) is 138 Å². The molecule has 1 atom stereocenters.